The Kier molecular flexibility index (Phi) is 6.83. The first kappa shape index (κ1) is 15.0. The van der Waals surface area contributed by atoms with E-state index in [0.29, 0.717) is 11.3 Å². The molecule has 88 valence electrons. The van der Waals surface area contributed by atoms with Gasteiger partial charge in [0.1, 0.15) is 0 Å². The van der Waals surface area contributed by atoms with Crippen LogP contribution in [-0.2, 0) is 5.75 Å². The zero-order valence-corrected chi connectivity index (χ0v) is 11.3. The number of rotatable bonds is 3. The minimum Gasteiger partial charge on any atom is -0.379 e. The van der Waals surface area contributed by atoms with Gasteiger partial charge in [-0.3, -0.25) is 10.2 Å². The van der Waals surface area contributed by atoms with E-state index >= 15 is 0 Å². The van der Waals surface area contributed by atoms with Gasteiger partial charge in [0.05, 0.1) is 0 Å². The van der Waals surface area contributed by atoms with Gasteiger partial charge in [-0.2, -0.15) is 0 Å². The number of amidine groups is 1. The Bertz CT molecular complexity index is 384. The van der Waals surface area contributed by atoms with Crippen molar-refractivity contribution in [2.24, 2.45) is 5.73 Å². The number of hydrogen-bond donors (Lipinski definition) is 3. The van der Waals surface area contributed by atoms with Crippen LogP contribution in [0, 0.1) is 5.41 Å². The Morgan fingerprint density at radius 3 is 2.69 bits per heavy atom. The number of thioether (sulfide) groups is 1. The fourth-order valence-corrected chi connectivity index (χ4v) is 1.72. The highest BCUT2D eigenvalue weighted by molar-refractivity contribution is 8.93. The molecule has 4 N–H and O–H groups in total. The molecule has 0 spiro atoms. The Morgan fingerprint density at radius 1 is 1.50 bits per heavy atom. The summed E-state index contributed by atoms with van der Waals surface area (Å²) in [5, 5.41) is 9.74. The maximum Gasteiger partial charge on any atom is 0.251 e. The lowest BCUT2D eigenvalue weighted by Gasteiger charge is -2.06. The summed E-state index contributed by atoms with van der Waals surface area (Å²) in [5.74, 6) is 0.425. The summed E-state index contributed by atoms with van der Waals surface area (Å²) in [5.41, 5.74) is 6.76. The molecule has 0 saturated heterocycles. The van der Waals surface area contributed by atoms with Crippen LogP contribution < -0.4 is 11.1 Å². The van der Waals surface area contributed by atoms with Gasteiger partial charge in [0, 0.05) is 18.4 Å². The van der Waals surface area contributed by atoms with Crippen LogP contribution >= 0.6 is 28.7 Å². The zero-order valence-electron chi connectivity index (χ0n) is 8.82. The molecule has 0 atom stereocenters. The van der Waals surface area contributed by atoms with E-state index < -0.39 is 0 Å². The Hall–Kier alpha value is -1.01. The molecule has 6 heteroatoms. The van der Waals surface area contributed by atoms with Gasteiger partial charge in [-0.25, -0.2) is 0 Å². The van der Waals surface area contributed by atoms with Crippen molar-refractivity contribution < 1.29 is 4.79 Å². The van der Waals surface area contributed by atoms with Crippen molar-refractivity contribution in [2.75, 3.05) is 7.05 Å². The Morgan fingerprint density at radius 2 is 2.12 bits per heavy atom. The molecule has 1 aromatic rings. The average Bonchev–Trinajstić information content (AvgIpc) is 2.25. The summed E-state index contributed by atoms with van der Waals surface area (Å²) in [6.45, 7) is 0. The van der Waals surface area contributed by atoms with Crippen LogP contribution in [0.25, 0.3) is 0 Å². The molecule has 0 aliphatic rings. The van der Waals surface area contributed by atoms with E-state index in [1.807, 2.05) is 18.2 Å². The smallest absolute Gasteiger partial charge is 0.251 e. The molecule has 0 saturated carbocycles. The number of benzene rings is 1. The predicted molar refractivity (Wildman–Crippen MR) is 73.4 cm³/mol. The van der Waals surface area contributed by atoms with Crippen LogP contribution in [0.3, 0.4) is 0 Å². The number of nitrogens with two attached hydrogens (primary N) is 1. The molecule has 0 unspecified atom stereocenters. The van der Waals surface area contributed by atoms with E-state index in [0.717, 1.165) is 5.56 Å². The first-order chi connectivity index (χ1) is 7.15. The highest BCUT2D eigenvalue weighted by atomic mass is 79.9. The molecule has 4 nitrogen and oxygen atoms in total. The number of nitrogens with one attached hydrogen (secondary N) is 2. The third kappa shape index (κ3) is 4.24. The molecule has 0 aromatic heterocycles. The number of halogens is 1. The Labute approximate surface area is 109 Å². The molecule has 16 heavy (non-hydrogen) atoms. The molecule has 0 fully saturated rings. The molecule has 0 aliphatic heterocycles. The van der Waals surface area contributed by atoms with Gasteiger partial charge < -0.3 is 11.1 Å². The molecule has 0 bridgehead atoms. The molecule has 0 radical (unpaired) electrons. The second-order valence-electron chi connectivity index (χ2n) is 2.89. The van der Waals surface area contributed by atoms with Crippen molar-refractivity contribution in [1.29, 1.82) is 5.41 Å². The number of hydrogen-bond acceptors (Lipinski definition) is 3. The Balaban J connectivity index is 0.00000225. The zero-order chi connectivity index (χ0) is 11.3. The summed E-state index contributed by atoms with van der Waals surface area (Å²) in [4.78, 5) is 11.5. The fourth-order valence-electron chi connectivity index (χ4n) is 1.16. The number of carbonyl (C=O) groups is 1. The normalized spacial score (nSPS) is 9.06. The lowest BCUT2D eigenvalue weighted by atomic mass is 10.1. The number of carbonyl (C=O) groups excluding carboxylic acids is 1. The van der Waals surface area contributed by atoms with Gasteiger partial charge in [0.15, 0.2) is 5.17 Å². The van der Waals surface area contributed by atoms with E-state index in [1.165, 1.54) is 11.8 Å². The lowest BCUT2D eigenvalue weighted by molar-refractivity contribution is 0.0962. The van der Waals surface area contributed by atoms with E-state index in [9.17, 15) is 4.79 Å². The van der Waals surface area contributed by atoms with Gasteiger partial charge in [-0.1, -0.05) is 30.0 Å². The maximum atomic E-state index is 11.5. The number of amides is 1. The van der Waals surface area contributed by atoms with Gasteiger partial charge in [0.25, 0.3) is 5.91 Å². The van der Waals surface area contributed by atoms with Crippen molar-refractivity contribution >= 4 is 39.8 Å². The largest absolute Gasteiger partial charge is 0.379 e. The molecule has 1 rings (SSSR count). The van der Waals surface area contributed by atoms with Crippen molar-refractivity contribution in [2.45, 2.75) is 5.75 Å². The molecular weight excluding hydrogens is 290 g/mol. The van der Waals surface area contributed by atoms with Crippen LogP contribution in [0.1, 0.15) is 15.9 Å². The topological polar surface area (TPSA) is 79.0 Å². The van der Waals surface area contributed by atoms with E-state index in [4.69, 9.17) is 11.1 Å². The van der Waals surface area contributed by atoms with Crippen molar-refractivity contribution in [3.05, 3.63) is 35.4 Å². The minimum atomic E-state index is -0.116. The summed E-state index contributed by atoms with van der Waals surface area (Å²) >= 11 is 1.21. The SMILES string of the molecule is Br.CNC(=O)c1ccccc1CSC(=N)N. The van der Waals surface area contributed by atoms with E-state index in [2.05, 4.69) is 5.32 Å². The highest BCUT2D eigenvalue weighted by Crippen LogP contribution is 2.16. The second kappa shape index (κ2) is 7.29. The van der Waals surface area contributed by atoms with E-state index in [1.54, 1.807) is 13.1 Å². The van der Waals surface area contributed by atoms with Crippen molar-refractivity contribution in [3.63, 3.8) is 0 Å². The van der Waals surface area contributed by atoms with Crippen LogP contribution in [0.15, 0.2) is 24.3 Å². The first-order valence-corrected chi connectivity index (χ1v) is 5.40. The van der Waals surface area contributed by atoms with Crippen LogP contribution in [-0.4, -0.2) is 18.1 Å². The maximum absolute atomic E-state index is 11.5. The molecule has 0 aliphatic carbocycles. The third-order valence-corrected chi connectivity index (χ3v) is 2.64. The van der Waals surface area contributed by atoms with Gasteiger partial charge >= 0.3 is 0 Å². The minimum absolute atomic E-state index is 0. The van der Waals surface area contributed by atoms with Gasteiger partial charge in [-0.05, 0) is 11.6 Å². The van der Waals surface area contributed by atoms with Gasteiger partial charge in [0.2, 0.25) is 0 Å². The first-order valence-electron chi connectivity index (χ1n) is 4.42. The van der Waals surface area contributed by atoms with Crippen molar-refractivity contribution in [3.8, 4) is 0 Å². The van der Waals surface area contributed by atoms with Crippen LogP contribution in [0.2, 0.25) is 0 Å². The molecule has 0 heterocycles. The highest BCUT2D eigenvalue weighted by Gasteiger charge is 2.08. The summed E-state index contributed by atoms with van der Waals surface area (Å²) in [6, 6.07) is 7.30. The van der Waals surface area contributed by atoms with Gasteiger partial charge in [-0.15, -0.1) is 17.0 Å². The lowest BCUT2D eigenvalue weighted by Crippen LogP contribution is -2.19. The average molecular weight is 304 g/mol. The van der Waals surface area contributed by atoms with Crippen molar-refractivity contribution in [1.82, 2.24) is 5.32 Å². The summed E-state index contributed by atoms with van der Waals surface area (Å²) in [6.07, 6.45) is 0. The monoisotopic (exact) mass is 303 g/mol. The van der Waals surface area contributed by atoms with Crippen LogP contribution in [0.4, 0.5) is 0 Å². The second-order valence-corrected chi connectivity index (χ2v) is 3.91. The molecule has 1 aromatic carbocycles. The van der Waals surface area contributed by atoms with Crippen LogP contribution in [0.5, 0.6) is 0 Å². The standard InChI is InChI=1S/C10H13N3OS.BrH/c1-13-9(14)8-5-3-2-4-7(8)6-15-10(11)12;/h2-5H,6H2,1H3,(H3,11,12)(H,13,14);1H. The third-order valence-electron chi connectivity index (χ3n) is 1.87. The fraction of sp³-hybridized carbons (Fsp3) is 0.200. The summed E-state index contributed by atoms with van der Waals surface area (Å²) in [7, 11) is 1.59. The quantitative estimate of drug-likeness (QED) is 0.588. The molecule has 1 amide bonds. The summed E-state index contributed by atoms with van der Waals surface area (Å²) < 4.78 is 0. The predicted octanol–water partition coefficient (Wildman–Crippen LogP) is 1.75. The molecular formula is C10H14BrN3OS. The van der Waals surface area contributed by atoms with E-state index in [-0.39, 0.29) is 28.1 Å².